The highest BCUT2D eigenvalue weighted by Crippen LogP contribution is 2.42. The zero-order valence-electron chi connectivity index (χ0n) is 18.6. The first-order valence-electron chi connectivity index (χ1n) is 10.4. The SMILES string of the molecule is CNC(=O)c1ccc2c(c1)C(=O)N(c1ccc(-c3ccc(C)c(C(F)(F)F)c3)cc1C(F)(F)F)C2=O. The molecule has 0 spiro atoms. The van der Waals surface area contributed by atoms with E-state index in [0.717, 1.165) is 30.3 Å². The number of fused-ring (bicyclic) bond motifs is 1. The van der Waals surface area contributed by atoms with E-state index in [0.29, 0.717) is 11.0 Å². The van der Waals surface area contributed by atoms with Gasteiger partial charge >= 0.3 is 12.4 Å². The van der Waals surface area contributed by atoms with Crippen LogP contribution < -0.4 is 10.2 Å². The minimum absolute atomic E-state index is 0.0329. The summed E-state index contributed by atoms with van der Waals surface area (Å²) in [4.78, 5) is 38.1. The summed E-state index contributed by atoms with van der Waals surface area (Å²) in [6, 6.07) is 9.26. The van der Waals surface area contributed by atoms with Gasteiger partial charge < -0.3 is 5.32 Å². The molecule has 3 aromatic carbocycles. The van der Waals surface area contributed by atoms with E-state index in [1.165, 1.54) is 32.2 Å². The maximum atomic E-state index is 14.0. The number of anilines is 1. The fourth-order valence-corrected chi connectivity index (χ4v) is 3.99. The molecule has 186 valence electrons. The summed E-state index contributed by atoms with van der Waals surface area (Å²) < 4.78 is 82.1. The quantitative estimate of drug-likeness (QED) is 0.358. The summed E-state index contributed by atoms with van der Waals surface area (Å²) >= 11 is 0. The Morgan fingerprint density at radius 1 is 0.750 bits per heavy atom. The molecule has 11 heteroatoms. The van der Waals surface area contributed by atoms with Crippen molar-refractivity contribution in [3.8, 4) is 11.1 Å². The molecule has 0 unspecified atom stereocenters. The van der Waals surface area contributed by atoms with Gasteiger partial charge in [0, 0.05) is 12.6 Å². The van der Waals surface area contributed by atoms with Gasteiger partial charge in [-0.2, -0.15) is 26.3 Å². The number of amides is 3. The van der Waals surface area contributed by atoms with Gasteiger partial charge in [-0.3, -0.25) is 14.4 Å². The van der Waals surface area contributed by atoms with E-state index in [1.807, 2.05) is 0 Å². The van der Waals surface area contributed by atoms with Crippen LogP contribution in [0.5, 0.6) is 0 Å². The van der Waals surface area contributed by atoms with Crippen LogP contribution in [0.15, 0.2) is 54.6 Å². The first kappa shape index (κ1) is 25.0. The van der Waals surface area contributed by atoms with Crippen molar-refractivity contribution < 1.29 is 40.7 Å². The second-order valence-corrected chi connectivity index (χ2v) is 8.04. The summed E-state index contributed by atoms with van der Waals surface area (Å²) in [6.07, 6.45) is -9.76. The normalized spacial score (nSPS) is 13.7. The molecule has 36 heavy (non-hydrogen) atoms. The third-order valence-corrected chi connectivity index (χ3v) is 5.79. The van der Waals surface area contributed by atoms with Crippen molar-refractivity contribution in [2.24, 2.45) is 0 Å². The Hall–Kier alpha value is -4.15. The number of imide groups is 1. The number of carbonyl (C=O) groups excluding carboxylic acids is 3. The average molecular weight is 506 g/mol. The van der Waals surface area contributed by atoms with Gasteiger partial charge in [0.25, 0.3) is 17.7 Å². The number of carbonyl (C=O) groups is 3. The van der Waals surface area contributed by atoms with Gasteiger partial charge in [-0.05, 0) is 60.0 Å². The maximum absolute atomic E-state index is 14.0. The Morgan fingerprint density at radius 3 is 1.89 bits per heavy atom. The largest absolute Gasteiger partial charge is 0.418 e. The summed E-state index contributed by atoms with van der Waals surface area (Å²) in [5, 5.41) is 2.34. The number of nitrogens with one attached hydrogen (secondary N) is 1. The Kier molecular flexibility index (Phi) is 5.90. The molecular formula is C25H16F6N2O3. The van der Waals surface area contributed by atoms with Crippen LogP contribution in [0.1, 0.15) is 47.8 Å². The van der Waals surface area contributed by atoms with Crippen LogP contribution in [0.3, 0.4) is 0 Å². The molecule has 0 saturated carbocycles. The van der Waals surface area contributed by atoms with Gasteiger partial charge in [-0.15, -0.1) is 0 Å². The zero-order chi connectivity index (χ0) is 26.6. The van der Waals surface area contributed by atoms with Gasteiger partial charge in [-0.1, -0.05) is 18.2 Å². The molecule has 0 aliphatic carbocycles. The van der Waals surface area contributed by atoms with Crippen LogP contribution in [0.2, 0.25) is 0 Å². The van der Waals surface area contributed by atoms with E-state index >= 15 is 0 Å². The van der Waals surface area contributed by atoms with Gasteiger partial charge in [0.15, 0.2) is 0 Å². The van der Waals surface area contributed by atoms with Crippen molar-refractivity contribution >= 4 is 23.4 Å². The lowest BCUT2D eigenvalue weighted by molar-refractivity contribution is -0.138. The number of alkyl halides is 6. The average Bonchev–Trinajstić information content (AvgIpc) is 3.06. The van der Waals surface area contributed by atoms with E-state index in [-0.39, 0.29) is 33.4 Å². The standard InChI is InChI=1S/C25H16F6N2O3/c1-12-3-4-13(10-18(12)24(26,27)28)14-6-8-20(19(11-14)25(29,30)31)33-22(35)16-7-5-15(21(34)32-2)9-17(16)23(33)36/h3-11H,1-2H3,(H,32,34). The summed E-state index contributed by atoms with van der Waals surface area (Å²) in [7, 11) is 1.34. The smallest absolute Gasteiger partial charge is 0.355 e. The molecule has 1 aliphatic rings. The van der Waals surface area contributed by atoms with Gasteiger partial charge in [-0.25, -0.2) is 4.90 Å². The Bertz CT molecular complexity index is 1430. The number of benzene rings is 3. The minimum Gasteiger partial charge on any atom is -0.355 e. The van der Waals surface area contributed by atoms with E-state index in [4.69, 9.17) is 0 Å². The molecule has 4 rings (SSSR count). The molecule has 3 amide bonds. The summed E-state index contributed by atoms with van der Waals surface area (Å²) in [5.41, 5.74) is -3.95. The van der Waals surface area contributed by atoms with E-state index < -0.39 is 46.9 Å². The lowest BCUT2D eigenvalue weighted by Crippen LogP contribution is -2.31. The number of nitrogens with zero attached hydrogens (tertiary/aromatic N) is 1. The third-order valence-electron chi connectivity index (χ3n) is 5.79. The predicted molar refractivity (Wildman–Crippen MR) is 118 cm³/mol. The second-order valence-electron chi connectivity index (χ2n) is 8.04. The highest BCUT2D eigenvalue weighted by atomic mass is 19.4. The van der Waals surface area contributed by atoms with Crippen molar-refractivity contribution in [1.29, 1.82) is 0 Å². The number of hydrogen-bond donors (Lipinski definition) is 1. The van der Waals surface area contributed by atoms with Gasteiger partial charge in [0.2, 0.25) is 0 Å². The molecule has 1 N–H and O–H groups in total. The first-order valence-corrected chi connectivity index (χ1v) is 10.4. The lowest BCUT2D eigenvalue weighted by atomic mass is 9.97. The number of halogens is 6. The maximum Gasteiger partial charge on any atom is 0.418 e. The summed E-state index contributed by atoms with van der Waals surface area (Å²) in [6.45, 7) is 1.23. The molecule has 0 radical (unpaired) electrons. The van der Waals surface area contributed by atoms with Crippen molar-refractivity contribution in [3.63, 3.8) is 0 Å². The second kappa shape index (κ2) is 8.51. The minimum atomic E-state index is -5.05. The number of rotatable bonds is 3. The van der Waals surface area contributed by atoms with Crippen LogP contribution >= 0.6 is 0 Å². The molecule has 0 atom stereocenters. The fraction of sp³-hybridized carbons (Fsp3) is 0.160. The molecule has 0 fully saturated rings. The lowest BCUT2D eigenvalue weighted by Gasteiger charge is -2.21. The molecule has 5 nitrogen and oxygen atoms in total. The van der Waals surface area contributed by atoms with Crippen LogP contribution in [0, 0.1) is 6.92 Å². The zero-order valence-corrected chi connectivity index (χ0v) is 18.6. The topological polar surface area (TPSA) is 66.5 Å². The fourth-order valence-electron chi connectivity index (χ4n) is 3.99. The molecule has 0 saturated heterocycles. The number of hydrogen-bond acceptors (Lipinski definition) is 3. The summed E-state index contributed by atoms with van der Waals surface area (Å²) in [5.74, 6) is -2.65. The molecular weight excluding hydrogens is 490 g/mol. The predicted octanol–water partition coefficient (Wildman–Crippen LogP) is 5.86. The third kappa shape index (κ3) is 4.21. The van der Waals surface area contributed by atoms with Gasteiger partial charge in [0.05, 0.1) is 27.9 Å². The van der Waals surface area contributed by atoms with E-state index in [2.05, 4.69) is 5.32 Å². The molecule has 0 bridgehead atoms. The van der Waals surface area contributed by atoms with Crippen molar-refractivity contribution in [2.45, 2.75) is 19.3 Å². The molecule has 1 heterocycles. The van der Waals surface area contributed by atoms with Crippen LogP contribution in [-0.4, -0.2) is 24.8 Å². The van der Waals surface area contributed by atoms with Crippen LogP contribution in [0.25, 0.3) is 11.1 Å². The van der Waals surface area contributed by atoms with E-state index in [1.54, 1.807) is 0 Å². The Morgan fingerprint density at radius 2 is 1.31 bits per heavy atom. The molecule has 1 aliphatic heterocycles. The highest BCUT2D eigenvalue weighted by Gasteiger charge is 2.43. The van der Waals surface area contributed by atoms with Crippen LogP contribution in [0.4, 0.5) is 32.0 Å². The van der Waals surface area contributed by atoms with Crippen molar-refractivity contribution in [3.05, 3.63) is 88.0 Å². The van der Waals surface area contributed by atoms with Gasteiger partial charge in [0.1, 0.15) is 0 Å². The Labute approximate surface area is 200 Å². The molecule has 3 aromatic rings. The number of aryl methyl sites for hydroxylation is 1. The van der Waals surface area contributed by atoms with E-state index in [9.17, 15) is 40.7 Å². The van der Waals surface area contributed by atoms with Crippen molar-refractivity contribution in [2.75, 3.05) is 11.9 Å². The highest BCUT2D eigenvalue weighted by molar-refractivity contribution is 6.35. The Balaban J connectivity index is 1.83. The van der Waals surface area contributed by atoms with Crippen LogP contribution in [-0.2, 0) is 12.4 Å². The first-order chi connectivity index (χ1) is 16.7. The van der Waals surface area contributed by atoms with Crippen molar-refractivity contribution in [1.82, 2.24) is 5.32 Å². The molecule has 0 aromatic heterocycles. The monoisotopic (exact) mass is 506 g/mol.